The van der Waals surface area contributed by atoms with Crippen molar-refractivity contribution >= 4 is 18.0 Å². The Bertz CT molecular complexity index is 649. The van der Waals surface area contributed by atoms with Gasteiger partial charge in [-0.1, -0.05) is 18.2 Å². The number of benzene rings is 1. The number of esters is 2. The molecule has 1 atom stereocenters. The fourth-order valence-corrected chi connectivity index (χ4v) is 2.07. The highest BCUT2D eigenvalue weighted by molar-refractivity contribution is 5.94. The Kier molecular flexibility index (Phi) is 5.11. The molecule has 1 aromatic rings. The van der Waals surface area contributed by atoms with E-state index in [1.165, 1.54) is 11.9 Å². The molecule has 0 saturated carbocycles. The summed E-state index contributed by atoms with van der Waals surface area (Å²) in [5.41, 5.74) is 0.311. The highest BCUT2D eigenvalue weighted by Crippen LogP contribution is 2.31. The van der Waals surface area contributed by atoms with Gasteiger partial charge in [0.05, 0.1) is 12.0 Å². The van der Waals surface area contributed by atoms with Gasteiger partial charge in [0, 0.05) is 19.2 Å². The molecule has 0 aliphatic carbocycles. The van der Waals surface area contributed by atoms with Crippen LogP contribution in [-0.4, -0.2) is 42.1 Å². The zero-order valence-corrected chi connectivity index (χ0v) is 14.2. The maximum Gasteiger partial charge on any atom is 0.410 e. The van der Waals surface area contributed by atoms with Crippen molar-refractivity contribution in [2.24, 2.45) is 0 Å². The van der Waals surface area contributed by atoms with Crippen LogP contribution in [0, 0.1) is 0 Å². The number of carbonyl (C=O) groups excluding carboxylic acids is 3. The molecule has 130 valence electrons. The highest BCUT2D eigenvalue weighted by Gasteiger charge is 2.33. The van der Waals surface area contributed by atoms with Crippen LogP contribution >= 0.6 is 0 Å². The van der Waals surface area contributed by atoms with Crippen molar-refractivity contribution in [2.45, 2.75) is 39.1 Å². The number of fused-ring (bicyclic) bond motifs is 1. The fraction of sp³-hybridized carbons (Fsp3) is 0.471. The average molecular weight is 335 g/mol. The molecule has 7 heteroatoms. The van der Waals surface area contributed by atoms with Gasteiger partial charge in [-0.3, -0.25) is 4.79 Å². The third kappa shape index (κ3) is 4.47. The van der Waals surface area contributed by atoms with E-state index in [1.54, 1.807) is 45.0 Å². The van der Waals surface area contributed by atoms with Crippen LogP contribution in [0.4, 0.5) is 4.79 Å². The number of ether oxygens (including phenoxy) is 3. The van der Waals surface area contributed by atoms with Gasteiger partial charge in [0.15, 0.2) is 0 Å². The van der Waals surface area contributed by atoms with E-state index in [-0.39, 0.29) is 13.0 Å². The summed E-state index contributed by atoms with van der Waals surface area (Å²) in [6.45, 7) is 5.42. The molecule has 0 N–H and O–H groups in total. The lowest BCUT2D eigenvalue weighted by atomic mass is 10.1. The average Bonchev–Trinajstić information content (AvgIpc) is 2.80. The van der Waals surface area contributed by atoms with Crippen LogP contribution in [0.1, 0.15) is 49.4 Å². The molecule has 0 saturated heterocycles. The van der Waals surface area contributed by atoms with Gasteiger partial charge < -0.3 is 19.1 Å². The first-order chi connectivity index (χ1) is 11.2. The van der Waals surface area contributed by atoms with Gasteiger partial charge in [0.2, 0.25) is 0 Å². The Hall–Kier alpha value is -2.57. The van der Waals surface area contributed by atoms with E-state index in [0.29, 0.717) is 11.1 Å². The van der Waals surface area contributed by atoms with Crippen molar-refractivity contribution < 1.29 is 28.6 Å². The molecule has 0 fully saturated rings. The van der Waals surface area contributed by atoms with Crippen LogP contribution in [0.2, 0.25) is 0 Å². The van der Waals surface area contributed by atoms with E-state index in [2.05, 4.69) is 0 Å². The number of carbonyl (C=O) groups is 3. The number of cyclic esters (lactones) is 1. The van der Waals surface area contributed by atoms with Crippen LogP contribution in [-0.2, 0) is 19.0 Å². The molecule has 2 rings (SSSR count). The van der Waals surface area contributed by atoms with E-state index in [0.717, 1.165) is 0 Å². The van der Waals surface area contributed by atoms with Gasteiger partial charge in [-0.05, 0) is 26.8 Å². The Morgan fingerprint density at radius 1 is 1.25 bits per heavy atom. The van der Waals surface area contributed by atoms with Gasteiger partial charge in [0.1, 0.15) is 5.60 Å². The molecular weight excluding hydrogens is 314 g/mol. The van der Waals surface area contributed by atoms with Gasteiger partial charge in [-0.25, -0.2) is 9.59 Å². The Morgan fingerprint density at radius 3 is 2.58 bits per heavy atom. The maximum absolute atomic E-state index is 11.9. The monoisotopic (exact) mass is 335 g/mol. The van der Waals surface area contributed by atoms with Crippen molar-refractivity contribution in [3.05, 3.63) is 35.4 Å². The summed E-state index contributed by atoms with van der Waals surface area (Å²) >= 11 is 0. The first kappa shape index (κ1) is 17.8. The second-order valence-electron chi connectivity index (χ2n) is 6.47. The summed E-state index contributed by atoms with van der Waals surface area (Å²) in [6, 6.07) is 6.73. The molecule has 1 aliphatic rings. The van der Waals surface area contributed by atoms with Crippen LogP contribution in [0.5, 0.6) is 0 Å². The normalized spacial score (nSPS) is 16.2. The highest BCUT2D eigenvalue weighted by atomic mass is 16.7. The molecule has 0 spiro atoms. The lowest BCUT2D eigenvalue weighted by molar-refractivity contribution is -0.167. The minimum absolute atomic E-state index is 0.0358. The molecule has 1 amide bonds. The molecule has 0 radical (unpaired) electrons. The molecule has 1 heterocycles. The first-order valence-corrected chi connectivity index (χ1v) is 7.61. The quantitative estimate of drug-likeness (QED) is 0.787. The topological polar surface area (TPSA) is 82.1 Å². The zero-order chi connectivity index (χ0) is 17.9. The molecule has 24 heavy (non-hydrogen) atoms. The summed E-state index contributed by atoms with van der Waals surface area (Å²) in [6.07, 6.45) is -1.59. The van der Waals surface area contributed by atoms with Crippen molar-refractivity contribution in [2.75, 3.05) is 13.6 Å². The molecular formula is C17H21NO6. The van der Waals surface area contributed by atoms with Crippen LogP contribution in [0.3, 0.4) is 0 Å². The number of rotatable bonds is 4. The largest absolute Gasteiger partial charge is 0.444 e. The van der Waals surface area contributed by atoms with Crippen LogP contribution in [0.15, 0.2) is 24.3 Å². The number of amides is 1. The summed E-state index contributed by atoms with van der Waals surface area (Å²) in [5.74, 6) is -1.09. The van der Waals surface area contributed by atoms with Gasteiger partial charge in [0.25, 0.3) is 6.29 Å². The fourth-order valence-electron chi connectivity index (χ4n) is 2.07. The summed E-state index contributed by atoms with van der Waals surface area (Å²) in [5, 5.41) is 0. The lowest BCUT2D eigenvalue weighted by Gasteiger charge is -2.24. The third-order valence-corrected chi connectivity index (χ3v) is 3.24. The van der Waals surface area contributed by atoms with E-state index in [1.807, 2.05) is 0 Å². The Morgan fingerprint density at radius 2 is 1.92 bits per heavy atom. The van der Waals surface area contributed by atoms with E-state index >= 15 is 0 Å². The van der Waals surface area contributed by atoms with Crippen molar-refractivity contribution in [3.63, 3.8) is 0 Å². The lowest BCUT2D eigenvalue weighted by Crippen LogP contribution is -2.35. The SMILES string of the molecule is CN(CCC(=O)OC1OC(=O)c2ccccc21)C(=O)OC(C)(C)C. The van der Waals surface area contributed by atoms with E-state index in [9.17, 15) is 14.4 Å². The first-order valence-electron chi connectivity index (χ1n) is 7.61. The summed E-state index contributed by atoms with van der Waals surface area (Å²) in [7, 11) is 1.53. The standard InChI is InChI=1S/C17H21NO6/c1-17(2,3)24-16(21)18(4)10-9-13(19)22-15-12-8-6-5-7-11(12)14(20)23-15/h5-8,15H,9-10H2,1-4H3. The summed E-state index contributed by atoms with van der Waals surface area (Å²) < 4.78 is 15.4. The molecule has 0 bridgehead atoms. The van der Waals surface area contributed by atoms with Gasteiger partial charge >= 0.3 is 18.0 Å². The minimum Gasteiger partial charge on any atom is -0.444 e. The molecule has 1 aliphatic heterocycles. The smallest absolute Gasteiger partial charge is 0.410 e. The summed E-state index contributed by atoms with van der Waals surface area (Å²) in [4.78, 5) is 36.7. The minimum atomic E-state index is -1.03. The number of hydrogen-bond donors (Lipinski definition) is 0. The Balaban J connectivity index is 1.84. The zero-order valence-electron chi connectivity index (χ0n) is 14.2. The van der Waals surface area contributed by atoms with E-state index < -0.39 is 29.9 Å². The van der Waals surface area contributed by atoms with E-state index in [4.69, 9.17) is 14.2 Å². The number of nitrogens with zero attached hydrogens (tertiary/aromatic N) is 1. The Labute approximate surface area is 140 Å². The maximum atomic E-state index is 11.9. The van der Waals surface area contributed by atoms with Crippen molar-refractivity contribution in [3.8, 4) is 0 Å². The second-order valence-corrected chi connectivity index (χ2v) is 6.47. The predicted molar refractivity (Wildman–Crippen MR) is 84.2 cm³/mol. The van der Waals surface area contributed by atoms with Gasteiger partial charge in [-0.15, -0.1) is 0 Å². The molecule has 7 nitrogen and oxygen atoms in total. The number of hydrogen-bond acceptors (Lipinski definition) is 6. The van der Waals surface area contributed by atoms with Crippen molar-refractivity contribution in [1.29, 1.82) is 0 Å². The second kappa shape index (κ2) is 6.90. The molecule has 1 aromatic carbocycles. The predicted octanol–water partition coefficient (Wildman–Crippen LogP) is 2.66. The van der Waals surface area contributed by atoms with Gasteiger partial charge in [-0.2, -0.15) is 0 Å². The molecule has 1 unspecified atom stereocenters. The molecule has 0 aromatic heterocycles. The van der Waals surface area contributed by atoms with Crippen LogP contribution in [0.25, 0.3) is 0 Å². The third-order valence-electron chi connectivity index (χ3n) is 3.24. The van der Waals surface area contributed by atoms with Crippen molar-refractivity contribution in [1.82, 2.24) is 4.90 Å². The van der Waals surface area contributed by atoms with Crippen LogP contribution < -0.4 is 0 Å².